The zero-order valence-corrected chi connectivity index (χ0v) is 23.8. The summed E-state index contributed by atoms with van der Waals surface area (Å²) >= 11 is 0. The molecule has 3 fully saturated rings. The highest BCUT2D eigenvalue weighted by Gasteiger charge is 2.73. The molecule has 0 aromatic carbocycles. The van der Waals surface area contributed by atoms with Gasteiger partial charge in [0.2, 0.25) is 0 Å². The summed E-state index contributed by atoms with van der Waals surface area (Å²) in [6.07, 6.45) is -1.38. The molecule has 0 spiro atoms. The number of hydrogen-bond donors (Lipinski definition) is 5. The Morgan fingerprint density at radius 1 is 1.05 bits per heavy atom. The van der Waals surface area contributed by atoms with E-state index in [0.717, 1.165) is 11.1 Å². The largest absolute Gasteiger partial charge is 0.393 e. The highest BCUT2D eigenvalue weighted by Crippen LogP contribution is 2.74. The average molecular weight is 521 g/mol. The maximum absolute atomic E-state index is 12.9. The molecule has 0 amide bonds. The second kappa shape index (κ2) is 8.69. The fourth-order valence-electron chi connectivity index (χ4n) is 9.59. The van der Waals surface area contributed by atoms with Crippen molar-refractivity contribution in [1.29, 1.82) is 0 Å². The first-order valence-electron chi connectivity index (χ1n) is 14.0. The van der Waals surface area contributed by atoms with Gasteiger partial charge >= 0.3 is 0 Å². The number of Topliss-reactive ketones (excluding diaryl/α,β-unsaturated/α-hetero) is 2. The van der Waals surface area contributed by atoms with E-state index in [2.05, 4.69) is 20.8 Å². The third kappa shape index (κ3) is 3.78. The molecule has 10 atom stereocenters. The molecule has 0 aliphatic heterocycles. The van der Waals surface area contributed by atoms with Crippen molar-refractivity contribution in [2.24, 2.45) is 39.4 Å². The second-order valence-electron chi connectivity index (χ2n) is 14.5. The van der Waals surface area contributed by atoms with Crippen LogP contribution in [0.2, 0.25) is 0 Å². The van der Waals surface area contributed by atoms with Gasteiger partial charge in [-0.15, -0.1) is 0 Å². The van der Waals surface area contributed by atoms with Gasteiger partial charge in [0.25, 0.3) is 0 Å². The van der Waals surface area contributed by atoms with E-state index in [1.165, 1.54) is 13.8 Å². The summed E-state index contributed by atoms with van der Waals surface area (Å²) in [6, 6.07) is 0. The van der Waals surface area contributed by atoms with Crippen LogP contribution in [0.3, 0.4) is 0 Å². The minimum Gasteiger partial charge on any atom is -0.393 e. The Balaban J connectivity index is 1.78. The molecule has 0 radical (unpaired) electrons. The van der Waals surface area contributed by atoms with Gasteiger partial charge in [-0.25, -0.2) is 0 Å². The first-order chi connectivity index (χ1) is 16.8. The molecule has 4 aliphatic rings. The van der Waals surface area contributed by atoms with Crippen LogP contribution in [-0.2, 0) is 9.59 Å². The third-order valence-corrected chi connectivity index (χ3v) is 11.8. The fraction of sp³-hybridized carbons (Fsp3) is 0.867. The van der Waals surface area contributed by atoms with Crippen molar-refractivity contribution in [2.45, 2.75) is 124 Å². The molecule has 0 aromatic rings. The van der Waals surface area contributed by atoms with Crippen LogP contribution in [0.25, 0.3) is 0 Å². The first kappa shape index (κ1) is 28.9. The first-order valence-corrected chi connectivity index (χ1v) is 14.0. The number of hydrogen-bond acceptors (Lipinski definition) is 7. The summed E-state index contributed by atoms with van der Waals surface area (Å²) in [6.45, 7) is 14.8. The van der Waals surface area contributed by atoms with Gasteiger partial charge in [0.15, 0.2) is 5.78 Å². The zero-order valence-electron chi connectivity index (χ0n) is 23.8. The molecule has 0 aromatic heterocycles. The van der Waals surface area contributed by atoms with Crippen LogP contribution in [-0.4, -0.2) is 67.1 Å². The third-order valence-electron chi connectivity index (χ3n) is 11.8. The average Bonchev–Trinajstić information content (AvgIpc) is 3.15. The predicted octanol–water partition coefficient (Wildman–Crippen LogP) is 2.94. The lowest BCUT2D eigenvalue weighted by Crippen LogP contribution is -2.72. The van der Waals surface area contributed by atoms with Crippen molar-refractivity contribution in [3.63, 3.8) is 0 Å². The van der Waals surface area contributed by atoms with Crippen LogP contribution < -0.4 is 0 Å². The summed E-state index contributed by atoms with van der Waals surface area (Å²) in [7, 11) is 0. The van der Waals surface area contributed by atoms with E-state index in [4.69, 9.17) is 0 Å². The van der Waals surface area contributed by atoms with Crippen LogP contribution in [0.4, 0.5) is 0 Å². The van der Waals surface area contributed by atoms with E-state index < -0.39 is 63.4 Å². The number of allylic oxidation sites excluding steroid dienone is 1. The minimum atomic E-state index is -1.64. The molecule has 7 nitrogen and oxygen atoms in total. The van der Waals surface area contributed by atoms with E-state index in [1.807, 2.05) is 20.8 Å². The normalized spacial score (nSPS) is 45.1. The molecule has 0 unspecified atom stereocenters. The molecule has 37 heavy (non-hydrogen) atoms. The van der Waals surface area contributed by atoms with Crippen LogP contribution in [0.15, 0.2) is 11.1 Å². The van der Waals surface area contributed by atoms with Gasteiger partial charge in [0.05, 0.1) is 12.2 Å². The second-order valence-corrected chi connectivity index (χ2v) is 14.5. The van der Waals surface area contributed by atoms with Gasteiger partial charge in [-0.2, -0.15) is 0 Å². The molecule has 0 heterocycles. The lowest BCUT2D eigenvalue weighted by Gasteiger charge is -2.70. The Labute approximate surface area is 221 Å². The van der Waals surface area contributed by atoms with Gasteiger partial charge in [0.1, 0.15) is 23.6 Å². The van der Waals surface area contributed by atoms with E-state index in [9.17, 15) is 35.1 Å². The number of carbonyl (C=O) groups is 2. The minimum absolute atomic E-state index is 0.104. The van der Waals surface area contributed by atoms with E-state index in [0.29, 0.717) is 32.1 Å². The highest BCUT2D eigenvalue weighted by molar-refractivity contribution is 5.90. The molecule has 5 N–H and O–H groups in total. The van der Waals surface area contributed by atoms with Crippen molar-refractivity contribution in [3.05, 3.63) is 11.1 Å². The molecular weight excluding hydrogens is 472 g/mol. The topological polar surface area (TPSA) is 135 Å². The molecule has 210 valence electrons. The van der Waals surface area contributed by atoms with Crippen LogP contribution >= 0.6 is 0 Å². The smallest absolute Gasteiger partial charge is 0.192 e. The molecule has 4 aliphatic carbocycles. The van der Waals surface area contributed by atoms with Crippen molar-refractivity contribution < 1.29 is 35.1 Å². The lowest BCUT2D eigenvalue weighted by atomic mass is 9.34. The molecule has 0 saturated heterocycles. The lowest BCUT2D eigenvalue weighted by molar-refractivity contribution is -0.263. The van der Waals surface area contributed by atoms with Crippen molar-refractivity contribution in [3.8, 4) is 0 Å². The Bertz CT molecular complexity index is 1010. The Hall–Kier alpha value is -1.12. The predicted molar refractivity (Wildman–Crippen MR) is 139 cm³/mol. The monoisotopic (exact) mass is 520 g/mol. The summed E-state index contributed by atoms with van der Waals surface area (Å²) in [5, 5.41) is 56.0. The van der Waals surface area contributed by atoms with Gasteiger partial charge in [-0.1, -0.05) is 47.1 Å². The highest BCUT2D eigenvalue weighted by atomic mass is 16.3. The van der Waals surface area contributed by atoms with Crippen LogP contribution in [0.5, 0.6) is 0 Å². The van der Waals surface area contributed by atoms with E-state index >= 15 is 0 Å². The molecule has 0 bridgehead atoms. The van der Waals surface area contributed by atoms with Gasteiger partial charge < -0.3 is 25.5 Å². The summed E-state index contributed by atoms with van der Waals surface area (Å²) < 4.78 is 0. The van der Waals surface area contributed by atoms with Crippen molar-refractivity contribution in [2.75, 3.05) is 0 Å². The van der Waals surface area contributed by atoms with Crippen LogP contribution in [0.1, 0.15) is 93.9 Å². The van der Waals surface area contributed by atoms with E-state index in [-0.39, 0.29) is 24.0 Å². The van der Waals surface area contributed by atoms with Gasteiger partial charge in [0, 0.05) is 23.2 Å². The summed E-state index contributed by atoms with van der Waals surface area (Å²) in [5.41, 5.74) is -2.35. The van der Waals surface area contributed by atoms with Gasteiger partial charge in [-0.3, -0.25) is 9.59 Å². The number of ketones is 2. The van der Waals surface area contributed by atoms with Gasteiger partial charge in [-0.05, 0) is 74.2 Å². The number of aliphatic hydroxyl groups excluding tert-OH is 4. The molecule has 3 saturated carbocycles. The van der Waals surface area contributed by atoms with Crippen molar-refractivity contribution in [1.82, 2.24) is 0 Å². The van der Waals surface area contributed by atoms with Crippen LogP contribution in [0, 0.1) is 39.4 Å². The molecule has 4 rings (SSSR count). The molecule has 7 heteroatoms. The van der Waals surface area contributed by atoms with Crippen molar-refractivity contribution >= 4 is 11.6 Å². The maximum atomic E-state index is 12.9. The Morgan fingerprint density at radius 3 is 2.22 bits per heavy atom. The number of fused-ring (bicyclic) bond motifs is 5. The molecular formula is C30H48O7. The number of rotatable bonds is 5. The number of aliphatic hydroxyl groups is 5. The Morgan fingerprint density at radius 2 is 1.65 bits per heavy atom. The summed E-state index contributed by atoms with van der Waals surface area (Å²) in [4.78, 5) is 25.3. The maximum Gasteiger partial charge on any atom is 0.192 e. The summed E-state index contributed by atoms with van der Waals surface area (Å²) in [5.74, 6) is -1.21. The SMILES string of the molecule is C[C@H](C[C@H](O)C(=O)C(C)(C)O)C1=C2[C@@H](O)[C@H](O)[C@H]3[C@@]4(C)CCC(=O)C(C)(C)[C@@H]4C[C@@H](O)[C@]3(C)[C@@]2(C)CC1. The van der Waals surface area contributed by atoms with E-state index in [1.54, 1.807) is 0 Å². The fourth-order valence-corrected chi connectivity index (χ4v) is 9.59. The quantitative estimate of drug-likeness (QED) is 0.352. The number of carbonyl (C=O) groups excluding carboxylic acids is 2. The Kier molecular flexibility index (Phi) is 6.78. The standard InChI is InChI=1S/C30H48O7/c1-15(13-17(31)25(36)27(4,5)37)16-9-12-29(7)21(16)22(34)23(35)24-28(6)11-10-19(32)26(2,3)18(28)14-20(33)30(24,29)8/h15,17-18,20,22-24,31,33-35,37H,9-14H2,1-8H3/t15-,17+,18+,20-,22-,23+,24+,28+,29+,30+/m1/s1. The zero-order chi connectivity index (χ0) is 28.1.